The number of carbonyl (C=O) groups is 3. The molecule has 0 aromatic carbocycles. The fourth-order valence-electron chi connectivity index (χ4n) is 9.35. The Hall–Kier alpha value is -2.37. The van der Waals surface area contributed by atoms with Crippen molar-refractivity contribution >= 4 is 17.9 Å². The Morgan fingerprint density at radius 2 is 0.507 bits per heavy atom. The summed E-state index contributed by atoms with van der Waals surface area (Å²) in [6.07, 6.45) is 73.2. The average molecular weight is 998 g/mol. The van der Waals surface area contributed by atoms with Crippen molar-refractivity contribution in [3.05, 3.63) is 36.5 Å². The minimum absolute atomic E-state index is 0.0736. The van der Waals surface area contributed by atoms with Gasteiger partial charge in [-0.15, -0.1) is 0 Å². The summed E-state index contributed by atoms with van der Waals surface area (Å²) >= 11 is 0. The lowest BCUT2D eigenvalue weighted by atomic mass is 10.0. The van der Waals surface area contributed by atoms with E-state index in [1.165, 1.54) is 218 Å². The number of allylic oxidation sites excluding steroid dienone is 6. The maximum absolute atomic E-state index is 12.8. The van der Waals surface area contributed by atoms with E-state index in [0.717, 1.165) is 83.5 Å². The quantitative estimate of drug-likeness (QED) is 0.0261. The van der Waals surface area contributed by atoms with Gasteiger partial charge in [-0.2, -0.15) is 0 Å². The van der Waals surface area contributed by atoms with Crippen molar-refractivity contribution in [2.45, 2.75) is 348 Å². The highest BCUT2D eigenvalue weighted by Crippen LogP contribution is 2.17. The molecule has 0 aliphatic rings. The standard InChI is InChI=1S/C65H120O6/c1-4-7-10-13-16-19-21-23-25-26-27-28-29-30-31-32-33-34-35-36-37-38-40-41-43-46-49-52-55-58-64(67)70-61-62(60-69-63(66)57-54-51-48-45-18-15-12-9-6-3)71-65(68)59-56-53-50-47-44-42-39-24-22-20-17-14-11-8-5-2/h17,20,24,26-27,39,62H,4-16,18-19,21-23,25,28-38,40-61H2,1-3H3/b20-17-,27-26-,39-24-. The first-order chi connectivity index (χ1) is 35.0. The van der Waals surface area contributed by atoms with Gasteiger partial charge in [-0.1, -0.05) is 282 Å². The van der Waals surface area contributed by atoms with Crippen LogP contribution in [0, 0.1) is 0 Å². The maximum Gasteiger partial charge on any atom is 0.306 e. The van der Waals surface area contributed by atoms with Crippen LogP contribution in [-0.4, -0.2) is 37.2 Å². The first kappa shape index (κ1) is 68.6. The van der Waals surface area contributed by atoms with Crippen LogP contribution in [0.15, 0.2) is 36.5 Å². The smallest absolute Gasteiger partial charge is 0.306 e. The molecule has 1 atom stereocenters. The summed E-state index contributed by atoms with van der Waals surface area (Å²) in [5.74, 6) is -0.872. The van der Waals surface area contributed by atoms with Crippen LogP contribution in [0.5, 0.6) is 0 Å². The second-order valence-corrected chi connectivity index (χ2v) is 21.3. The highest BCUT2D eigenvalue weighted by atomic mass is 16.6. The fourth-order valence-corrected chi connectivity index (χ4v) is 9.35. The van der Waals surface area contributed by atoms with Gasteiger partial charge in [-0.05, 0) is 77.0 Å². The molecule has 0 spiro atoms. The van der Waals surface area contributed by atoms with Crippen LogP contribution in [0.2, 0.25) is 0 Å². The van der Waals surface area contributed by atoms with Gasteiger partial charge in [0.2, 0.25) is 0 Å². The van der Waals surface area contributed by atoms with Crippen LogP contribution >= 0.6 is 0 Å². The molecule has 71 heavy (non-hydrogen) atoms. The molecule has 0 radical (unpaired) electrons. The lowest BCUT2D eigenvalue weighted by Crippen LogP contribution is -2.30. The molecule has 6 nitrogen and oxygen atoms in total. The van der Waals surface area contributed by atoms with Crippen molar-refractivity contribution in [3.63, 3.8) is 0 Å². The van der Waals surface area contributed by atoms with E-state index in [-0.39, 0.29) is 31.1 Å². The molecule has 0 rings (SSSR count). The van der Waals surface area contributed by atoms with Crippen molar-refractivity contribution in [1.82, 2.24) is 0 Å². The molecule has 0 saturated heterocycles. The van der Waals surface area contributed by atoms with Gasteiger partial charge in [0, 0.05) is 19.3 Å². The van der Waals surface area contributed by atoms with E-state index in [1.807, 2.05) is 0 Å². The zero-order valence-electron chi connectivity index (χ0n) is 47.8. The first-order valence-electron chi connectivity index (χ1n) is 31.5. The Morgan fingerprint density at radius 1 is 0.282 bits per heavy atom. The summed E-state index contributed by atoms with van der Waals surface area (Å²) in [5.41, 5.74) is 0. The van der Waals surface area contributed by atoms with Gasteiger partial charge in [0.1, 0.15) is 13.2 Å². The molecule has 0 heterocycles. The van der Waals surface area contributed by atoms with Gasteiger partial charge >= 0.3 is 17.9 Å². The van der Waals surface area contributed by atoms with Gasteiger partial charge < -0.3 is 14.2 Å². The van der Waals surface area contributed by atoms with E-state index >= 15 is 0 Å². The molecular weight excluding hydrogens is 877 g/mol. The molecule has 0 aromatic heterocycles. The lowest BCUT2D eigenvalue weighted by molar-refractivity contribution is -0.167. The third kappa shape index (κ3) is 58.4. The van der Waals surface area contributed by atoms with E-state index in [0.29, 0.717) is 19.3 Å². The summed E-state index contributed by atoms with van der Waals surface area (Å²) in [4.78, 5) is 38.1. The number of unbranched alkanes of at least 4 members (excludes halogenated alkanes) is 41. The zero-order chi connectivity index (χ0) is 51.4. The molecular formula is C65H120O6. The van der Waals surface area contributed by atoms with Crippen LogP contribution in [0.3, 0.4) is 0 Å². The second kappa shape index (κ2) is 60.2. The van der Waals surface area contributed by atoms with Crippen LogP contribution in [0.25, 0.3) is 0 Å². The third-order valence-corrected chi connectivity index (χ3v) is 14.1. The average Bonchev–Trinajstić information content (AvgIpc) is 3.37. The molecule has 1 unspecified atom stereocenters. The van der Waals surface area contributed by atoms with Crippen molar-refractivity contribution in [2.24, 2.45) is 0 Å². The minimum atomic E-state index is -0.775. The van der Waals surface area contributed by atoms with Gasteiger partial charge in [-0.25, -0.2) is 0 Å². The molecule has 0 amide bonds. The molecule has 0 bridgehead atoms. The fraction of sp³-hybridized carbons (Fsp3) is 0.862. The highest BCUT2D eigenvalue weighted by Gasteiger charge is 2.19. The number of carbonyl (C=O) groups excluding carboxylic acids is 3. The summed E-state index contributed by atoms with van der Waals surface area (Å²) in [7, 11) is 0. The van der Waals surface area contributed by atoms with Crippen LogP contribution in [0.4, 0.5) is 0 Å². The zero-order valence-corrected chi connectivity index (χ0v) is 47.8. The van der Waals surface area contributed by atoms with Crippen LogP contribution in [0.1, 0.15) is 342 Å². The first-order valence-corrected chi connectivity index (χ1v) is 31.5. The Labute approximate surface area is 442 Å². The molecule has 0 fully saturated rings. The molecule has 0 aromatic rings. The number of esters is 3. The SMILES string of the molecule is CCCCC/C=C\C/C=C\CCCCCCCC(=O)OC(COC(=O)CCCCCCCCCCC)COC(=O)CCCCCCCCCCCCCCCCCCC/C=C\CCCCCCCCCC. The largest absolute Gasteiger partial charge is 0.462 e. The Kier molecular flexibility index (Phi) is 58.2. The second-order valence-electron chi connectivity index (χ2n) is 21.3. The number of hydrogen-bond acceptors (Lipinski definition) is 6. The monoisotopic (exact) mass is 997 g/mol. The highest BCUT2D eigenvalue weighted by molar-refractivity contribution is 5.71. The van der Waals surface area contributed by atoms with Crippen molar-refractivity contribution in [2.75, 3.05) is 13.2 Å². The normalized spacial score (nSPS) is 12.2. The van der Waals surface area contributed by atoms with Crippen molar-refractivity contribution in [1.29, 1.82) is 0 Å². The Morgan fingerprint density at radius 3 is 0.817 bits per heavy atom. The number of rotatable bonds is 58. The molecule has 0 aliphatic carbocycles. The number of ether oxygens (including phenoxy) is 3. The molecule has 0 aliphatic heterocycles. The van der Waals surface area contributed by atoms with Crippen molar-refractivity contribution < 1.29 is 28.6 Å². The Balaban J connectivity index is 4.08. The van der Waals surface area contributed by atoms with E-state index in [1.54, 1.807) is 0 Å². The van der Waals surface area contributed by atoms with Crippen molar-refractivity contribution in [3.8, 4) is 0 Å². The van der Waals surface area contributed by atoms with E-state index in [9.17, 15) is 14.4 Å². The van der Waals surface area contributed by atoms with E-state index in [2.05, 4.69) is 57.2 Å². The summed E-state index contributed by atoms with van der Waals surface area (Å²) in [6, 6.07) is 0. The summed E-state index contributed by atoms with van der Waals surface area (Å²) < 4.78 is 16.8. The third-order valence-electron chi connectivity index (χ3n) is 14.1. The lowest BCUT2D eigenvalue weighted by Gasteiger charge is -2.18. The molecule has 0 N–H and O–H groups in total. The van der Waals surface area contributed by atoms with Gasteiger partial charge in [0.25, 0.3) is 0 Å². The van der Waals surface area contributed by atoms with Crippen LogP contribution < -0.4 is 0 Å². The topological polar surface area (TPSA) is 78.9 Å². The number of hydrogen-bond donors (Lipinski definition) is 0. The Bertz CT molecular complexity index is 1190. The summed E-state index contributed by atoms with van der Waals surface area (Å²) in [5, 5.41) is 0. The molecule has 6 heteroatoms. The predicted molar refractivity (Wildman–Crippen MR) is 307 cm³/mol. The van der Waals surface area contributed by atoms with E-state index in [4.69, 9.17) is 14.2 Å². The minimum Gasteiger partial charge on any atom is -0.462 e. The predicted octanol–water partition coefficient (Wildman–Crippen LogP) is 21.2. The van der Waals surface area contributed by atoms with Gasteiger partial charge in [0.05, 0.1) is 0 Å². The maximum atomic E-state index is 12.8. The summed E-state index contributed by atoms with van der Waals surface area (Å²) in [6.45, 7) is 6.62. The molecule has 0 saturated carbocycles. The van der Waals surface area contributed by atoms with Crippen LogP contribution in [-0.2, 0) is 28.6 Å². The van der Waals surface area contributed by atoms with Gasteiger partial charge in [-0.3, -0.25) is 14.4 Å². The van der Waals surface area contributed by atoms with Gasteiger partial charge in [0.15, 0.2) is 6.10 Å². The van der Waals surface area contributed by atoms with E-state index < -0.39 is 6.10 Å². The molecule has 416 valence electrons.